The zero-order chi connectivity index (χ0) is 14.8. The molecule has 1 aliphatic rings. The highest BCUT2D eigenvalue weighted by Crippen LogP contribution is 2.32. The predicted molar refractivity (Wildman–Crippen MR) is 86.4 cm³/mol. The topological polar surface area (TPSA) is 53.1 Å². The Morgan fingerprint density at radius 3 is 3.00 bits per heavy atom. The molecule has 21 heavy (non-hydrogen) atoms. The molecular weight excluding hydrogens is 262 g/mol. The molecule has 3 rings (SSSR count). The van der Waals surface area contributed by atoms with Crippen LogP contribution in [0.2, 0.25) is 0 Å². The molecular formula is C17H25N3O. The van der Waals surface area contributed by atoms with Gasteiger partial charge in [0, 0.05) is 12.6 Å². The van der Waals surface area contributed by atoms with Gasteiger partial charge in [0.15, 0.2) is 0 Å². The van der Waals surface area contributed by atoms with Gasteiger partial charge in [0.25, 0.3) is 0 Å². The highest BCUT2D eigenvalue weighted by atomic mass is 16.5. The number of imidazole rings is 1. The van der Waals surface area contributed by atoms with Gasteiger partial charge in [0.1, 0.15) is 5.75 Å². The first-order chi connectivity index (χ1) is 10.2. The van der Waals surface area contributed by atoms with Crippen molar-refractivity contribution >= 4 is 17.0 Å². The van der Waals surface area contributed by atoms with Gasteiger partial charge in [-0.3, -0.25) is 0 Å². The zero-order valence-corrected chi connectivity index (χ0v) is 13.0. The van der Waals surface area contributed by atoms with Crippen molar-refractivity contribution in [3.8, 4) is 5.75 Å². The van der Waals surface area contributed by atoms with Crippen LogP contribution in [0.15, 0.2) is 18.2 Å². The number of fused-ring (bicyclic) bond motifs is 1. The van der Waals surface area contributed by atoms with Crippen molar-refractivity contribution in [2.45, 2.75) is 45.6 Å². The second kappa shape index (κ2) is 5.96. The Kier molecular flexibility index (Phi) is 4.04. The Balaban J connectivity index is 1.75. The van der Waals surface area contributed by atoms with Crippen molar-refractivity contribution in [2.75, 3.05) is 12.8 Å². The Morgan fingerprint density at radius 2 is 2.24 bits per heavy atom. The summed E-state index contributed by atoms with van der Waals surface area (Å²) < 4.78 is 7.40. The number of nitrogens with two attached hydrogens (primary N) is 1. The number of nitrogen functional groups attached to an aromatic ring is 1. The van der Waals surface area contributed by atoms with E-state index < -0.39 is 0 Å². The Bertz CT molecular complexity index is 620. The Hall–Kier alpha value is -1.71. The van der Waals surface area contributed by atoms with Gasteiger partial charge in [0.2, 0.25) is 5.95 Å². The van der Waals surface area contributed by atoms with Gasteiger partial charge in [-0.05, 0) is 36.8 Å². The summed E-state index contributed by atoms with van der Waals surface area (Å²) in [5.41, 5.74) is 8.13. The third-order valence-corrected chi connectivity index (χ3v) is 4.79. The number of methoxy groups -OCH3 is 1. The van der Waals surface area contributed by atoms with Crippen LogP contribution >= 0.6 is 0 Å². The number of rotatable bonds is 4. The van der Waals surface area contributed by atoms with Gasteiger partial charge in [0.05, 0.1) is 18.1 Å². The molecule has 2 N–H and O–H groups in total. The van der Waals surface area contributed by atoms with Gasteiger partial charge in [-0.2, -0.15) is 0 Å². The number of nitrogens with zero attached hydrogens (tertiary/aromatic N) is 2. The maximum Gasteiger partial charge on any atom is 0.201 e. The van der Waals surface area contributed by atoms with E-state index in [9.17, 15) is 0 Å². The molecule has 4 heteroatoms. The van der Waals surface area contributed by atoms with Crippen LogP contribution in [0.4, 0.5) is 5.95 Å². The Morgan fingerprint density at radius 1 is 1.38 bits per heavy atom. The number of anilines is 1. The van der Waals surface area contributed by atoms with Gasteiger partial charge in [-0.1, -0.05) is 26.2 Å². The smallest absolute Gasteiger partial charge is 0.201 e. The molecule has 1 fully saturated rings. The van der Waals surface area contributed by atoms with E-state index in [2.05, 4.69) is 22.5 Å². The molecule has 2 aromatic rings. The fraction of sp³-hybridized carbons (Fsp3) is 0.588. The number of hydrogen-bond acceptors (Lipinski definition) is 3. The summed E-state index contributed by atoms with van der Waals surface area (Å²) in [5, 5.41) is 0. The van der Waals surface area contributed by atoms with Crippen LogP contribution in [-0.2, 0) is 6.54 Å². The van der Waals surface area contributed by atoms with E-state index in [1.54, 1.807) is 7.11 Å². The van der Waals surface area contributed by atoms with Crippen LogP contribution in [0.25, 0.3) is 11.0 Å². The van der Waals surface area contributed by atoms with Crippen LogP contribution in [0.1, 0.15) is 39.0 Å². The molecule has 0 amide bonds. The second-order valence-corrected chi connectivity index (χ2v) is 6.40. The lowest BCUT2D eigenvalue weighted by Gasteiger charge is -2.26. The summed E-state index contributed by atoms with van der Waals surface area (Å²) in [4.78, 5) is 4.46. The molecule has 0 aliphatic heterocycles. The molecule has 0 spiro atoms. The maximum absolute atomic E-state index is 6.10. The van der Waals surface area contributed by atoms with E-state index in [4.69, 9.17) is 10.5 Å². The highest BCUT2D eigenvalue weighted by molar-refractivity contribution is 5.79. The van der Waals surface area contributed by atoms with Crippen LogP contribution in [-0.4, -0.2) is 16.7 Å². The summed E-state index contributed by atoms with van der Waals surface area (Å²) in [7, 11) is 1.67. The highest BCUT2D eigenvalue weighted by Gasteiger charge is 2.19. The molecule has 1 saturated carbocycles. The first kappa shape index (κ1) is 14.2. The lowest BCUT2D eigenvalue weighted by Crippen LogP contribution is -2.15. The third-order valence-electron chi connectivity index (χ3n) is 4.79. The minimum absolute atomic E-state index is 0.613. The fourth-order valence-electron chi connectivity index (χ4n) is 3.62. The Labute approximate surface area is 126 Å². The van der Waals surface area contributed by atoms with Crippen LogP contribution in [0.3, 0.4) is 0 Å². The average Bonchev–Trinajstić information content (AvgIpc) is 2.79. The monoisotopic (exact) mass is 287 g/mol. The number of benzene rings is 1. The van der Waals surface area contributed by atoms with E-state index in [1.165, 1.54) is 32.1 Å². The fourth-order valence-corrected chi connectivity index (χ4v) is 3.62. The van der Waals surface area contributed by atoms with Crippen LogP contribution < -0.4 is 10.5 Å². The predicted octanol–water partition coefficient (Wildman–Crippen LogP) is 3.84. The number of ether oxygens (including phenoxy) is 1. The molecule has 0 bridgehead atoms. The van der Waals surface area contributed by atoms with E-state index in [-0.39, 0.29) is 0 Å². The summed E-state index contributed by atoms with van der Waals surface area (Å²) in [6, 6.07) is 5.98. The normalized spacial score (nSPS) is 22.6. The average molecular weight is 287 g/mol. The summed E-state index contributed by atoms with van der Waals surface area (Å²) in [6.45, 7) is 3.34. The number of hydrogen-bond donors (Lipinski definition) is 1. The van der Waals surface area contributed by atoms with Crippen molar-refractivity contribution in [1.29, 1.82) is 0 Å². The molecule has 2 unspecified atom stereocenters. The van der Waals surface area contributed by atoms with Crippen LogP contribution in [0, 0.1) is 11.8 Å². The lowest BCUT2D eigenvalue weighted by atomic mass is 9.81. The van der Waals surface area contributed by atoms with Crippen molar-refractivity contribution in [3.63, 3.8) is 0 Å². The second-order valence-electron chi connectivity index (χ2n) is 6.40. The number of aromatic nitrogens is 2. The maximum atomic E-state index is 6.10. The molecule has 1 heterocycles. The number of aryl methyl sites for hydroxylation is 1. The van der Waals surface area contributed by atoms with E-state index in [0.717, 1.165) is 35.2 Å². The van der Waals surface area contributed by atoms with E-state index in [0.29, 0.717) is 5.95 Å². The SMILES string of the molecule is COc1ccc2c(c1)nc(N)n2CCC1CCCC(C)C1. The summed E-state index contributed by atoms with van der Waals surface area (Å²) in [6.07, 6.45) is 6.70. The molecule has 2 atom stereocenters. The minimum atomic E-state index is 0.613. The summed E-state index contributed by atoms with van der Waals surface area (Å²) in [5.74, 6) is 3.16. The van der Waals surface area contributed by atoms with E-state index in [1.807, 2.05) is 12.1 Å². The van der Waals surface area contributed by atoms with Gasteiger partial charge in [-0.15, -0.1) is 0 Å². The molecule has 1 aromatic carbocycles. The van der Waals surface area contributed by atoms with Crippen molar-refractivity contribution < 1.29 is 4.74 Å². The molecule has 0 saturated heterocycles. The standard InChI is InChI=1S/C17H25N3O/c1-12-4-3-5-13(10-12)8-9-20-16-7-6-14(21-2)11-15(16)19-17(20)18/h6-7,11-13H,3-5,8-10H2,1-2H3,(H2,18,19). The molecule has 1 aromatic heterocycles. The van der Waals surface area contributed by atoms with Crippen LogP contribution in [0.5, 0.6) is 5.75 Å². The van der Waals surface area contributed by atoms with Crippen molar-refractivity contribution in [3.05, 3.63) is 18.2 Å². The van der Waals surface area contributed by atoms with Gasteiger partial charge in [-0.25, -0.2) is 4.98 Å². The first-order valence-electron chi connectivity index (χ1n) is 7.97. The largest absolute Gasteiger partial charge is 0.497 e. The van der Waals surface area contributed by atoms with Crippen molar-refractivity contribution in [2.24, 2.45) is 11.8 Å². The van der Waals surface area contributed by atoms with E-state index >= 15 is 0 Å². The third kappa shape index (κ3) is 2.99. The quantitative estimate of drug-likeness (QED) is 0.929. The van der Waals surface area contributed by atoms with Crippen molar-refractivity contribution in [1.82, 2.24) is 9.55 Å². The van der Waals surface area contributed by atoms with Gasteiger partial charge < -0.3 is 15.0 Å². The molecule has 4 nitrogen and oxygen atoms in total. The zero-order valence-electron chi connectivity index (χ0n) is 13.0. The summed E-state index contributed by atoms with van der Waals surface area (Å²) >= 11 is 0. The molecule has 114 valence electrons. The first-order valence-corrected chi connectivity index (χ1v) is 7.97. The molecule has 1 aliphatic carbocycles. The lowest BCUT2D eigenvalue weighted by molar-refractivity contribution is 0.262. The molecule has 0 radical (unpaired) electrons. The minimum Gasteiger partial charge on any atom is -0.497 e. The van der Waals surface area contributed by atoms with Gasteiger partial charge >= 0.3 is 0 Å².